The molecule has 0 radical (unpaired) electrons. The van der Waals surface area contributed by atoms with Gasteiger partial charge in [0.05, 0.1) is 0 Å². The molecule has 4 aliphatic carbocycles. The summed E-state index contributed by atoms with van der Waals surface area (Å²) in [6.07, 6.45) is 16.5. The lowest BCUT2D eigenvalue weighted by atomic mass is 9.50. The molecule has 0 saturated heterocycles. The normalized spacial score (nSPS) is 50.1. The van der Waals surface area contributed by atoms with Gasteiger partial charge in [0.1, 0.15) is 0 Å². The summed E-state index contributed by atoms with van der Waals surface area (Å²) in [4.78, 5) is 0. The smallest absolute Gasteiger partial charge is 0.203 e. The van der Waals surface area contributed by atoms with E-state index in [0.717, 1.165) is 11.5 Å². The summed E-state index contributed by atoms with van der Waals surface area (Å²) in [6.45, 7) is 4.77. The lowest BCUT2D eigenvalue weighted by Gasteiger charge is -2.54. The second-order valence-electron chi connectivity index (χ2n) is 8.23. The summed E-state index contributed by atoms with van der Waals surface area (Å²) in [5.41, 5.74) is 1.59. The quantitative estimate of drug-likeness (QED) is 0.528. The van der Waals surface area contributed by atoms with Crippen molar-refractivity contribution >= 4 is 0 Å². The molecule has 2 N–H and O–H groups in total. The van der Waals surface area contributed by atoms with Crippen molar-refractivity contribution in [3.63, 3.8) is 0 Å². The predicted octanol–water partition coefficient (Wildman–Crippen LogP) is 3.57. The van der Waals surface area contributed by atoms with E-state index < -0.39 is 5.79 Å². The average Bonchev–Trinajstić information content (AvgIpc) is 2.81. The van der Waals surface area contributed by atoms with E-state index in [9.17, 15) is 10.2 Å². The first-order chi connectivity index (χ1) is 9.84. The number of hydrogen-bond donors (Lipinski definition) is 2. The van der Waals surface area contributed by atoms with Gasteiger partial charge < -0.3 is 10.2 Å². The number of hydrogen-bond acceptors (Lipinski definition) is 2. The van der Waals surface area contributed by atoms with Gasteiger partial charge >= 0.3 is 0 Å². The van der Waals surface area contributed by atoms with Gasteiger partial charge in [-0.2, -0.15) is 0 Å². The van der Waals surface area contributed by atoms with Crippen LogP contribution in [0.5, 0.6) is 0 Å². The minimum atomic E-state index is -1.78. The molecule has 0 aromatic heterocycles. The second-order valence-corrected chi connectivity index (χ2v) is 8.23. The molecule has 0 bridgehead atoms. The molecule has 2 heteroatoms. The van der Waals surface area contributed by atoms with Crippen molar-refractivity contribution in [1.29, 1.82) is 0 Å². The highest BCUT2D eigenvalue weighted by Crippen LogP contribution is 2.62. The van der Waals surface area contributed by atoms with Crippen LogP contribution < -0.4 is 0 Å². The zero-order valence-electron chi connectivity index (χ0n) is 13.0. The van der Waals surface area contributed by atoms with Crippen LogP contribution in [0.2, 0.25) is 0 Å². The first-order valence-corrected chi connectivity index (χ1v) is 8.41. The minimum Gasteiger partial charge on any atom is -0.359 e. The van der Waals surface area contributed by atoms with Crippen molar-refractivity contribution in [2.24, 2.45) is 28.6 Å². The fourth-order valence-electron chi connectivity index (χ4n) is 5.76. The Morgan fingerprint density at radius 3 is 2.67 bits per heavy atom. The third-order valence-corrected chi connectivity index (χ3v) is 7.05. The Balaban J connectivity index is 1.76. The van der Waals surface area contributed by atoms with Crippen LogP contribution in [0.15, 0.2) is 36.0 Å². The van der Waals surface area contributed by atoms with Crippen LogP contribution in [-0.2, 0) is 0 Å². The molecule has 5 atom stereocenters. The standard InChI is InChI=1S/C19H26O2/c1-17-8-3-4-15(17)14-6-5-13-12-19(20,21)11-10-18(13,2)16(14)7-9-17/h5-6,10-12,14-16,20-21H,3-4,7-9H2,1-2H3/t14-,15-,16-,17-,18-/m0/s1. The molecule has 4 aliphatic rings. The summed E-state index contributed by atoms with van der Waals surface area (Å²) in [7, 11) is 0. The van der Waals surface area contributed by atoms with Crippen molar-refractivity contribution in [2.45, 2.75) is 51.7 Å². The maximum atomic E-state index is 9.87. The van der Waals surface area contributed by atoms with E-state index in [1.165, 1.54) is 32.1 Å². The zero-order chi connectivity index (χ0) is 14.9. The summed E-state index contributed by atoms with van der Waals surface area (Å²) in [6, 6.07) is 0. The molecule has 0 amide bonds. The van der Waals surface area contributed by atoms with Gasteiger partial charge in [-0.05, 0) is 66.6 Å². The fourth-order valence-corrected chi connectivity index (χ4v) is 5.76. The van der Waals surface area contributed by atoms with Crippen LogP contribution in [-0.4, -0.2) is 16.0 Å². The molecular weight excluding hydrogens is 260 g/mol. The van der Waals surface area contributed by atoms with E-state index in [2.05, 4.69) is 32.1 Å². The first kappa shape index (κ1) is 13.8. The Bertz CT molecular complexity index is 556. The molecular formula is C19H26O2. The highest BCUT2D eigenvalue weighted by Gasteiger charge is 2.54. The Kier molecular flexibility index (Phi) is 2.70. The molecule has 0 unspecified atom stereocenters. The van der Waals surface area contributed by atoms with E-state index in [1.54, 1.807) is 12.2 Å². The van der Waals surface area contributed by atoms with Crippen LogP contribution in [0.3, 0.4) is 0 Å². The van der Waals surface area contributed by atoms with Gasteiger partial charge in [-0.3, -0.25) is 0 Å². The molecule has 0 aromatic carbocycles. The minimum absolute atomic E-state index is 0.0295. The molecule has 2 nitrogen and oxygen atoms in total. The van der Waals surface area contributed by atoms with E-state index in [0.29, 0.717) is 17.3 Å². The van der Waals surface area contributed by atoms with Gasteiger partial charge in [-0.1, -0.05) is 38.5 Å². The third-order valence-electron chi connectivity index (χ3n) is 7.05. The van der Waals surface area contributed by atoms with Crippen molar-refractivity contribution in [3.8, 4) is 0 Å². The van der Waals surface area contributed by atoms with Gasteiger partial charge in [-0.15, -0.1) is 0 Å². The highest BCUT2D eigenvalue weighted by atomic mass is 16.5. The Morgan fingerprint density at radius 2 is 1.86 bits per heavy atom. The number of allylic oxidation sites excluding steroid dienone is 4. The number of aliphatic hydroxyl groups is 2. The fraction of sp³-hybridized carbons (Fsp3) is 0.684. The summed E-state index contributed by atoms with van der Waals surface area (Å²) in [5, 5.41) is 19.7. The van der Waals surface area contributed by atoms with Gasteiger partial charge in [-0.25, -0.2) is 0 Å². The molecule has 0 heterocycles. The molecule has 4 rings (SSSR count). The monoisotopic (exact) mass is 286 g/mol. The molecule has 21 heavy (non-hydrogen) atoms. The lowest BCUT2D eigenvalue weighted by molar-refractivity contribution is -0.0798. The maximum Gasteiger partial charge on any atom is 0.203 e. The average molecular weight is 286 g/mol. The Morgan fingerprint density at radius 1 is 1.05 bits per heavy atom. The number of fused-ring (bicyclic) bond motifs is 5. The molecule has 0 spiro atoms. The van der Waals surface area contributed by atoms with Gasteiger partial charge in [0.15, 0.2) is 0 Å². The second kappa shape index (κ2) is 4.11. The molecule has 114 valence electrons. The summed E-state index contributed by atoms with van der Waals surface area (Å²) in [5.74, 6) is 0.303. The SMILES string of the molecule is C[C@@]12CCC[C@H]1[C@@H]1C=CC3=CC(O)(O)C=C[C@]3(C)[C@H]1CC2. The topological polar surface area (TPSA) is 40.5 Å². The molecule has 2 saturated carbocycles. The lowest BCUT2D eigenvalue weighted by Crippen LogP contribution is -2.47. The van der Waals surface area contributed by atoms with E-state index >= 15 is 0 Å². The van der Waals surface area contributed by atoms with Crippen LogP contribution in [0.4, 0.5) is 0 Å². The van der Waals surface area contributed by atoms with Crippen LogP contribution in [0, 0.1) is 28.6 Å². The van der Waals surface area contributed by atoms with E-state index in [4.69, 9.17) is 0 Å². The number of rotatable bonds is 0. The van der Waals surface area contributed by atoms with Crippen molar-refractivity contribution in [3.05, 3.63) is 36.0 Å². The highest BCUT2D eigenvalue weighted by molar-refractivity contribution is 5.43. The summed E-state index contributed by atoms with van der Waals surface area (Å²) < 4.78 is 0. The summed E-state index contributed by atoms with van der Waals surface area (Å²) >= 11 is 0. The van der Waals surface area contributed by atoms with Crippen LogP contribution in [0.1, 0.15) is 46.0 Å². The Hall–Kier alpha value is -0.860. The molecule has 2 fully saturated rings. The third kappa shape index (κ3) is 1.85. The molecule has 0 aliphatic heterocycles. The first-order valence-electron chi connectivity index (χ1n) is 8.41. The largest absolute Gasteiger partial charge is 0.359 e. The maximum absolute atomic E-state index is 9.87. The van der Waals surface area contributed by atoms with Gasteiger partial charge in [0, 0.05) is 5.41 Å². The van der Waals surface area contributed by atoms with E-state index in [-0.39, 0.29) is 5.41 Å². The van der Waals surface area contributed by atoms with Crippen molar-refractivity contribution < 1.29 is 10.2 Å². The van der Waals surface area contributed by atoms with Crippen LogP contribution >= 0.6 is 0 Å². The Labute approximate surface area is 127 Å². The van der Waals surface area contributed by atoms with Crippen LogP contribution in [0.25, 0.3) is 0 Å². The zero-order valence-corrected chi connectivity index (χ0v) is 13.0. The van der Waals surface area contributed by atoms with Crippen molar-refractivity contribution in [2.75, 3.05) is 0 Å². The van der Waals surface area contributed by atoms with Gasteiger partial charge in [0.2, 0.25) is 5.79 Å². The predicted molar refractivity (Wildman–Crippen MR) is 83.3 cm³/mol. The van der Waals surface area contributed by atoms with Crippen molar-refractivity contribution in [1.82, 2.24) is 0 Å². The molecule has 0 aromatic rings. The van der Waals surface area contributed by atoms with E-state index in [1.807, 2.05) is 0 Å². The van der Waals surface area contributed by atoms with Gasteiger partial charge in [0.25, 0.3) is 0 Å².